The van der Waals surface area contributed by atoms with Gasteiger partial charge in [-0.2, -0.15) is 52.7 Å². The normalized spacial score (nSPS) is 14.2. The minimum absolute atomic E-state index is 0.187. The summed E-state index contributed by atoms with van der Waals surface area (Å²) >= 11 is 0. The Kier molecular flexibility index (Phi) is 15.3. The van der Waals surface area contributed by atoms with Gasteiger partial charge in [-0.3, -0.25) is 0 Å². The third-order valence-corrected chi connectivity index (χ3v) is 6.06. The van der Waals surface area contributed by atoms with E-state index in [4.69, 9.17) is 5.11 Å². The molecule has 0 radical (unpaired) electrons. The molecule has 0 fully saturated rings. The number of carbonyl (C=O) groups is 2. The lowest BCUT2D eigenvalue weighted by atomic mass is 9.89. The van der Waals surface area contributed by atoms with Crippen LogP contribution in [0, 0.1) is 5.92 Å². The van der Waals surface area contributed by atoms with Gasteiger partial charge in [-0.25, -0.2) is 9.59 Å². The van der Waals surface area contributed by atoms with Crippen molar-refractivity contribution in [2.75, 3.05) is 33.0 Å². The number of ether oxygens (including phenoxy) is 3. The van der Waals surface area contributed by atoms with Crippen molar-refractivity contribution in [3.63, 3.8) is 0 Å². The maximum atomic E-state index is 14.2. The number of halogens is 12. The summed E-state index contributed by atoms with van der Waals surface area (Å²) in [5, 5.41) is 8.84. The monoisotopic (exact) mass is 670 g/mol. The zero-order chi connectivity index (χ0) is 34.8. The maximum Gasteiger partial charge on any atom is 0.384 e. The van der Waals surface area contributed by atoms with E-state index in [9.17, 15) is 62.3 Å². The first kappa shape index (κ1) is 41.5. The molecule has 6 nitrogen and oxygen atoms in total. The van der Waals surface area contributed by atoms with Crippen molar-refractivity contribution in [3.05, 3.63) is 24.3 Å². The highest BCUT2D eigenvalue weighted by molar-refractivity contribution is 5.88. The fourth-order valence-electron chi connectivity index (χ4n) is 3.23. The lowest BCUT2D eigenvalue weighted by Crippen LogP contribution is -2.71. The standard InChI is InChI=1S/C26H34F12O6/c1-5-6-7-8-9-10-21(27,28)23(31,32)25(35,36)26(37,38)24(33,34)22(29,30)15-42-12-18(13-43-19(40)16(2)3)14-44-20(41)17(4)11-39/h18,39H,2,4-15H2,1,3H3. The molecule has 1 N–H and O–H groups in total. The van der Waals surface area contributed by atoms with Gasteiger partial charge in [0.05, 0.1) is 37.9 Å². The van der Waals surface area contributed by atoms with Crippen LogP contribution in [-0.2, 0) is 23.8 Å². The molecule has 0 aliphatic rings. The molecule has 0 rings (SSSR count). The van der Waals surface area contributed by atoms with Crippen molar-refractivity contribution in [2.24, 2.45) is 5.92 Å². The van der Waals surface area contributed by atoms with E-state index in [1.165, 1.54) is 6.92 Å². The molecule has 0 aromatic rings. The lowest BCUT2D eigenvalue weighted by molar-refractivity contribution is -0.427. The van der Waals surface area contributed by atoms with Gasteiger partial charge in [-0.15, -0.1) is 0 Å². The van der Waals surface area contributed by atoms with Gasteiger partial charge >= 0.3 is 47.5 Å². The maximum absolute atomic E-state index is 14.2. The first-order chi connectivity index (χ1) is 19.9. The highest BCUT2D eigenvalue weighted by Crippen LogP contribution is 2.60. The quantitative estimate of drug-likeness (QED) is 0.0579. The number of rotatable bonds is 22. The summed E-state index contributed by atoms with van der Waals surface area (Å²) in [6.07, 6.45) is -2.03. The Hall–Kier alpha value is -2.50. The average Bonchev–Trinajstić information content (AvgIpc) is 2.92. The van der Waals surface area contributed by atoms with Crippen LogP contribution in [0.15, 0.2) is 24.3 Å². The third-order valence-electron chi connectivity index (χ3n) is 6.06. The number of carbonyl (C=O) groups excluding carboxylic acids is 2. The first-order valence-corrected chi connectivity index (χ1v) is 13.0. The Morgan fingerprint density at radius 1 is 0.682 bits per heavy atom. The molecule has 0 aromatic heterocycles. The van der Waals surface area contributed by atoms with Crippen LogP contribution in [0.5, 0.6) is 0 Å². The van der Waals surface area contributed by atoms with Crippen LogP contribution >= 0.6 is 0 Å². The predicted molar refractivity (Wildman–Crippen MR) is 130 cm³/mol. The molecule has 0 amide bonds. The zero-order valence-corrected chi connectivity index (χ0v) is 23.8. The van der Waals surface area contributed by atoms with Crippen LogP contribution in [0.3, 0.4) is 0 Å². The van der Waals surface area contributed by atoms with Gasteiger partial charge < -0.3 is 19.3 Å². The summed E-state index contributed by atoms with van der Waals surface area (Å²) in [5.41, 5.74) is -0.708. The molecule has 1 atom stereocenters. The number of alkyl halides is 12. The summed E-state index contributed by atoms with van der Waals surface area (Å²) in [7, 11) is 0. The Balaban J connectivity index is 5.83. The molecule has 0 bridgehead atoms. The first-order valence-electron chi connectivity index (χ1n) is 13.0. The van der Waals surface area contributed by atoms with Crippen molar-refractivity contribution in [1.82, 2.24) is 0 Å². The largest absolute Gasteiger partial charge is 0.462 e. The van der Waals surface area contributed by atoms with Gasteiger partial charge in [0.2, 0.25) is 0 Å². The summed E-state index contributed by atoms with van der Waals surface area (Å²) in [6.45, 7) is 2.38. The van der Waals surface area contributed by atoms with Gasteiger partial charge in [0.1, 0.15) is 6.61 Å². The molecule has 0 aliphatic carbocycles. The van der Waals surface area contributed by atoms with E-state index in [1.54, 1.807) is 6.92 Å². The molecule has 0 aliphatic heterocycles. The van der Waals surface area contributed by atoms with E-state index in [0.717, 1.165) is 0 Å². The Bertz CT molecular complexity index is 985. The topological polar surface area (TPSA) is 82.1 Å². The van der Waals surface area contributed by atoms with Crippen molar-refractivity contribution in [3.8, 4) is 0 Å². The van der Waals surface area contributed by atoms with E-state index in [2.05, 4.69) is 27.4 Å². The number of hydrogen-bond donors (Lipinski definition) is 1. The highest BCUT2D eigenvalue weighted by Gasteiger charge is 2.89. The van der Waals surface area contributed by atoms with Gasteiger partial charge in [-0.05, 0) is 13.3 Å². The van der Waals surface area contributed by atoms with Crippen LogP contribution in [-0.4, -0.2) is 85.6 Å². The fraction of sp³-hybridized carbons (Fsp3) is 0.769. The Morgan fingerprint density at radius 3 is 1.59 bits per heavy atom. The molecule has 1 unspecified atom stereocenters. The molecule has 0 heterocycles. The highest BCUT2D eigenvalue weighted by atomic mass is 19.4. The van der Waals surface area contributed by atoms with Crippen molar-refractivity contribution in [1.29, 1.82) is 0 Å². The number of aliphatic hydroxyl groups excluding tert-OH is 1. The van der Waals surface area contributed by atoms with Crippen LogP contribution in [0.2, 0.25) is 0 Å². The van der Waals surface area contributed by atoms with E-state index in [0.29, 0.717) is 12.8 Å². The van der Waals surface area contributed by atoms with E-state index in [-0.39, 0.29) is 18.4 Å². The van der Waals surface area contributed by atoms with Gasteiger partial charge in [0.25, 0.3) is 0 Å². The second-order valence-electron chi connectivity index (χ2n) is 9.99. The fourth-order valence-corrected chi connectivity index (χ4v) is 3.23. The molecule has 0 saturated heterocycles. The van der Waals surface area contributed by atoms with Crippen molar-refractivity contribution < 1.29 is 81.6 Å². The van der Waals surface area contributed by atoms with Crippen molar-refractivity contribution in [2.45, 2.75) is 87.9 Å². The summed E-state index contributed by atoms with van der Waals surface area (Å²) < 4.78 is 183. The number of esters is 2. The van der Waals surface area contributed by atoms with Crippen LogP contribution in [0.25, 0.3) is 0 Å². The Labute approximate surface area is 245 Å². The predicted octanol–water partition coefficient (Wildman–Crippen LogP) is 7.00. The second-order valence-corrected chi connectivity index (χ2v) is 9.99. The molecule has 44 heavy (non-hydrogen) atoms. The second kappa shape index (κ2) is 16.2. The van der Waals surface area contributed by atoms with E-state index < -0.39 is 105 Å². The molecule has 0 aromatic carbocycles. The number of hydrogen-bond acceptors (Lipinski definition) is 6. The smallest absolute Gasteiger partial charge is 0.384 e. The van der Waals surface area contributed by atoms with Crippen LogP contribution < -0.4 is 0 Å². The molecule has 0 spiro atoms. The van der Waals surface area contributed by atoms with Crippen LogP contribution in [0.4, 0.5) is 52.7 Å². The summed E-state index contributed by atoms with van der Waals surface area (Å²) in [5.74, 6) is -46.2. The van der Waals surface area contributed by atoms with Gasteiger partial charge in [-0.1, -0.05) is 45.8 Å². The van der Waals surface area contributed by atoms with Crippen LogP contribution in [0.1, 0.15) is 52.4 Å². The minimum atomic E-state index is -7.74. The molecular weight excluding hydrogens is 636 g/mol. The van der Waals surface area contributed by atoms with Crippen molar-refractivity contribution >= 4 is 11.9 Å². The van der Waals surface area contributed by atoms with Gasteiger partial charge in [0.15, 0.2) is 0 Å². The third kappa shape index (κ3) is 9.75. The lowest BCUT2D eigenvalue weighted by Gasteiger charge is -2.41. The van der Waals surface area contributed by atoms with Gasteiger partial charge in [0, 0.05) is 12.0 Å². The summed E-state index contributed by atoms with van der Waals surface area (Å²) in [4.78, 5) is 23.2. The molecule has 18 heteroatoms. The molecular formula is C26H34F12O6. The Morgan fingerprint density at radius 2 is 1.14 bits per heavy atom. The molecule has 0 saturated carbocycles. The van der Waals surface area contributed by atoms with E-state index >= 15 is 0 Å². The average molecular weight is 671 g/mol. The SMILES string of the molecule is C=C(C)C(=O)OCC(COCC(F)(F)C(F)(F)C(F)(F)C(F)(F)C(F)(F)C(F)(F)CCCCCCC)COC(=O)C(=C)CO. The minimum Gasteiger partial charge on any atom is -0.462 e. The number of unbranched alkanes of at least 4 members (excludes halogenated alkanes) is 4. The molecule has 258 valence electrons. The van der Waals surface area contributed by atoms with E-state index in [1.807, 2.05) is 0 Å². The summed E-state index contributed by atoms with van der Waals surface area (Å²) in [6, 6.07) is 0. The zero-order valence-electron chi connectivity index (χ0n) is 23.8. The number of aliphatic hydroxyl groups is 1.